The number of hydrogen-bond donors (Lipinski definition) is 1. The van der Waals surface area contributed by atoms with Crippen molar-refractivity contribution < 1.29 is 4.79 Å². The first-order valence-electron chi connectivity index (χ1n) is 6.30. The van der Waals surface area contributed by atoms with Gasteiger partial charge in [-0.1, -0.05) is 29.8 Å². The van der Waals surface area contributed by atoms with Crippen molar-refractivity contribution in [1.82, 2.24) is 15.2 Å². The SMILES string of the molecule is Cc1cc(NC(=O)c2ccc(Cl)nn2)c2ccccc2n1. The predicted octanol–water partition coefficient (Wildman–Crippen LogP) is 3.24. The Balaban J connectivity index is 1.98. The van der Waals surface area contributed by atoms with Crippen LogP contribution in [0.3, 0.4) is 0 Å². The van der Waals surface area contributed by atoms with E-state index in [2.05, 4.69) is 20.5 Å². The van der Waals surface area contributed by atoms with Crippen LogP contribution in [0.4, 0.5) is 5.69 Å². The Hall–Kier alpha value is -2.53. The van der Waals surface area contributed by atoms with E-state index in [0.29, 0.717) is 5.69 Å². The molecule has 1 N–H and O–H groups in total. The lowest BCUT2D eigenvalue weighted by molar-refractivity contribution is 0.102. The number of carbonyl (C=O) groups excluding carboxylic acids is 1. The number of nitrogens with one attached hydrogen (secondary N) is 1. The standard InChI is InChI=1S/C15H11ClN4O/c1-9-8-13(10-4-2-3-5-11(10)17-9)18-15(21)12-6-7-14(16)20-19-12/h2-8H,1H3,(H,17,18,21). The zero-order chi connectivity index (χ0) is 14.8. The molecule has 21 heavy (non-hydrogen) atoms. The fourth-order valence-corrected chi connectivity index (χ4v) is 2.14. The van der Waals surface area contributed by atoms with Gasteiger partial charge >= 0.3 is 0 Å². The summed E-state index contributed by atoms with van der Waals surface area (Å²) in [5, 5.41) is 11.4. The molecule has 3 rings (SSSR count). The summed E-state index contributed by atoms with van der Waals surface area (Å²) in [6.45, 7) is 1.88. The molecule has 1 aromatic carbocycles. The number of rotatable bonds is 2. The molecule has 0 radical (unpaired) electrons. The van der Waals surface area contributed by atoms with Crippen LogP contribution in [0.15, 0.2) is 42.5 Å². The maximum Gasteiger partial charge on any atom is 0.276 e. The van der Waals surface area contributed by atoms with Gasteiger partial charge < -0.3 is 5.32 Å². The lowest BCUT2D eigenvalue weighted by Crippen LogP contribution is -2.14. The highest BCUT2D eigenvalue weighted by Gasteiger charge is 2.11. The molecule has 0 fully saturated rings. The number of carbonyl (C=O) groups is 1. The minimum absolute atomic E-state index is 0.206. The van der Waals surface area contributed by atoms with E-state index in [1.165, 1.54) is 12.1 Å². The maximum atomic E-state index is 12.2. The van der Waals surface area contributed by atoms with Crippen LogP contribution in [0.5, 0.6) is 0 Å². The number of para-hydroxylation sites is 1. The van der Waals surface area contributed by atoms with Crippen LogP contribution in [-0.4, -0.2) is 21.1 Å². The molecule has 104 valence electrons. The van der Waals surface area contributed by atoms with Gasteiger partial charge in [-0.2, -0.15) is 0 Å². The van der Waals surface area contributed by atoms with Crippen LogP contribution in [0.2, 0.25) is 5.15 Å². The van der Waals surface area contributed by atoms with E-state index in [1.54, 1.807) is 0 Å². The van der Waals surface area contributed by atoms with Gasteiger partial charge in [0.05, 0.1) is 11.2 Å². The molecule has 0 aliphatic carbocycles. The molecule has 3 aromatic rings. The first-order valence-corrected chi connectivity index (χ1v) is 6.68. The third kappa shape index (κ3) is 2.83. The molecule has 2 heterocycles. The molecule has 6 heteroatoms. The van der Waals surface area contributed by atoms with Crippen molar-refractivity contribution in [2.24, 2.45) is 0 Å². The minimum Gasteiger partial charge on any atom is -0.320 e. The molecule has 0 bridgehead atoms. The summed E-state index contributed by atoms with van der Waals surface area (Å²) in [6.07, 6.45) is 0. The highest BCUT2D eigenvalue weighted by atomic mass is 35.5. The van der Waals surface area contributed by atoms with Crippen molar-refractivity contribution >= 4 is 34.1 Å². The van der Waals surface area contributed by atoms with Gasteiger partial charge in [0.15, 0.2) is 10.8 Å². The van der Waals surface area contributed by atoms with Gasteiger partial charge in [0.2, 0.25) is 0 Å². The summed E-state index contributed by atoms with van der Waals surface area (Å²) < 4.78 is 0. The van der Waals surface area contributed by atoms with Gasteiger partial charge in [-0.25, -0.2) is 0 Å². The zero-order valence-corrected chi connectivity index (χ0v) is 11.9. The second-order valence-corrected chi connectivity index (χ2v) is 4.91. The molecular weight excluding hydrogens is 288 g/mol. The lowest BCUT2D eigenvalue weighted by atomic mass is 10.1. The molecule has 0 aliphatic rings. The first kappa shape index (κ1) is 13.5. The summed E-state index contributed by atoms with van der Waals surface area (Å²) in [5.41, 5.74) is 2.55. The summed E-state index contributed by atoms with van der Waals surface area (Å²) in [5.74, 6) is -0.338. The van der Waals surface area contributed by atoms with Crippen LogP contribution in [0, 0.1) is 6.92 Å². The predicted molar refractivity (Wildman–Crippen MR) is 81.5 cm³/mol. The van der Waals surface area contributed by atoms with Gasteiger partial charge in [-0.15, -0.1) is 10.2 Å². The van der Waals surface area contributed by atoms with Gasteiger partial charge in [-0.3, -0.25) is 9.78 Å². The van der Waals surface area contributed by atoms with Crippen LogP contribution in [-0.2, 0) is 0 Å². The number of aryl methyl sites for hydroxylation is 1. The smallest absolute Gasteiger partial charge is 0.276 e. The third-order valence-electron chi connectivity index (χ3n) is 2.96. The van der Waals surface area contributed by atoms with Crippen LogP contribution >= 0.6 is 11.6 Å². The molecule has 0 saturated carbocycles. The molecule has 2 aromatic heterocycles. The highest BCUT2D eigenvalue weighted by Crippen LogP contribution is 2.23. The Labute approximate surface area is 126 Å². The number of pyridine rings is 1. The monoisotopic (exact) mass is 298 g/mol. The van der Waals surface area contributed by atoms with Gasteiger partial charge in [0.1, 0.15) is 0 Å². The van der Waals surface area contributed by atoms with E-state index in [9.17, 15) is 4.79 Å². The van der Waals surface area contributed by atoms with E-state index < -0.39 is 0 Å². The topological polar surface area (TPSA) is 67.8 Å². The number of nitrogens with zero attached hydrogens (tertiary/aromatic N) is 3. The first-order chi connectivity index (χ1) is 10.1. The third-order valence-corrected chi connectivity index (χ3v) is 3.16. The van der Waals surface area contributed by atoms with Crippen molar-refractivity contribution in [2.75, 3.05) is 5.32 Å². The Morgan fingerprint density at radius 1 is 1.14 bits per heavy atom. The van der Waals surface area contributed by atoms with E-state index in [-0.39, 0.29) is 16.8 Å². The second-order valence-electron chi connectivity index (χ2n) is 4.52. The van der Waals surface area contributed by atoms with Crippen molar-refractivity contribution in [3.8, 4) is 0 Å². The Kier molecular flexibility index (Phi) is 3.50. The molecule has 0 atom stereocenters. The Bertz CT molecular complexity index is 818. The Morgan fingerprint density at radius 2 is 1.95 bits per heavy atom. The fraction of sp³-hybridized carbons (Fsp3) is 0.0667. The van der Waals surface area contributed by atoms with Gasteiger partial charge in [0.25, 0.3) is 5.91 Å². The second kappa shape index (κ2) is 5.46. The van der Waals surface area contributed by atoms with E-state index in [1.807, 2.05) is 37.3 Å². The van der Waals surface area contributed by atoms with E-state index >= 15 is 0 Å². The summed E-state index contributed by atoms with van der Waals surface area (Å²) in [4.78, 5) is 16.6. The van der Waals surface area contributed by atoms with Crippen molar-refractivity contribution in [3.05, 3.63) is 59.0 Å². The lowest BCUT2D eigenvalue weighted by Gasteiger charge is -2.09. The molecule has 0 spiro atoms. The largest absolute Gasteiger partial charge is 0.320 e. The molecule has 0 unspecified atom stereocenters. The number of halogens is 1. The molecule has 5 nitrogen and oxygen atoms in total. The fourth-order valence-electron chi connectivity index (χ4n) is 2.03. The highest BCUT2D eigenvalue weighted by molar-refractivity contribution is 6.29. The van der Waals surface area contributed by atoms with Crippen LogP contribution in [0.25, 0.3) is 10.9 Å². The van der Waals surface area contributed by atoms with Crippen molar-refractivity contribution in [1.29, 1.82) is 0 Å². The summed E-state index contributed by atoms with van der Waals surface area (Å²) in [6, 6.07) is 12.5. The summed E-state index contributed by atoms with van der Waals surface area (Å²) >= 11 is 5.66. The van der Waals surface area contributed by atoms with Crippen molar-refractivity contribution in [2.45, 2.75) is 6.92 Å². The van der Waals surface area contributed by atoms with E-state index in [0.717, 1.165) is 16.6 Å². The quantitative estimate of drug-likeness (QED) is 0.788. The number of benzene rings is 1. The number of anilines is 1. The Morgan fingerprint density at radius 3 is 2.71 bits per heavy atom. The zero-order valence-electron chi connectivity index (χ0n) is 11.2. The number of aromatic nitrogens is 3. The van der Waals surface area contributed by atoms with E-state index in [4.69, 9.17) is 11.6 Å². The number of amides is 1. The molecule has 0 saturated heterocycles. The number of hydrogen-bond acceptors (Lipinski definition) is 4. The normalized spacial score (nSPS) is 10.6. The average molecular weight is 299 g/mol. The van der Waals surface area contributed by atoms with Gasteiger partial charge in [-0.05, 0) is 31.2 Å². The van der Waals surface area contributed by atoms with Crippen LogP contribution < -0.4 is 5.32 Å². The number of fused-ring (bicyclic) bond motifs is 1. The molecular formula is C15H11ClN4O. The van der Waals surface area contributed by atoms with Crippen LogP contribution in [0.1, 0.15) is 16.2 Å². The van der Waals surface area contributed by atoms with Gasteiger partial charge in [0, 0.05) is 11.1 Å². The van der Waals surface area contributed by atoms with Crippen molar-refractivity contribution in [3.63, 3.8) is 0 Å². The molecule has 1 amide bonds. The molecule has 0 aliphatic heterocycles. The summed E-state index contributed by atoms with van der Waals surface area (Å²) in [7, 11) is 0. The minimum atomic E-state index is -0.338. The maximum absolute atomic E-state index is 12.2. The average Bonchev–Trinajstić information content (AvgIpc) is 2.47.